The van der Waals surface area contributed by atoms with Gasteiger partial charge in [0.1, 0.15) is 0 Å². The highest BCUT2D eigenvalue weighted by molar-refractivity contribution is 6.26. The zero-order valence-electron chi connectivity index (χ0n) is 30.3. The number of hydrogen-bond acceptors (Lipinski definition) is 4. The smallest absolute Gasteiger partial charge is 0.261 e. The first kappa shape index (κ1) is 40.3. The summed E-state index contributed by atoms with van der Waals surface area (Å²) in [4.78, 5) is 55.7. The molecule has 0 fully saturated rings. The molecule has 0 spiro atoms. The van der Waals surface area contributed by atoms with Crippen molar-refractivity contribution in [2.75, 3.05) is 67.5 Å². The number of amides is 4. The number of hydrogen-bond donors (Lipinski definition) is 0. The van der Waals surface area contributed by atoms with Gasteiger partial charge in [0.25, 0.3) is 23.6 Å². The summed E-state index contributed by atoms with van der Waals surface area (Å²) < 4.78 is 1.74. The second-order valence-electron chi connectivity index (χ2n) is 15.2. The van der Waals surface area contributed by atoms with Crippen LogP contribution < -0.4 is 34.0 Å². The molecule has 0 N–H and O–H groups in total. The maximum Gasteiger partial charge on any atom is 0.261 e. The van der Waals surface area contributed by atoms with E-state index >= 15 is 0 Å². The first-order chi connectivity index (χ1) is 23.5. The maximum absolute atomic E-state index is 13.2. The number of halogens is 2. The number of quaternary nitrogens is 2. The molecule has 4 aromatic carbocycles. The fourth-order valence-electron chi connectivity index (χ4n) is 7.71. The standard InChI is InChI=1S/C41H50N4O4.2BrH/c1-44(2,28-14-24-42-38(46)32-20-10-16-30-17-11-21-33(36(30)32)39(42)47)26-8-6-5-7-9-27-45(3,4)29-15-25-43-40(48)34-22-12-18-31-19-13-23-35(37(31)34)41(43)49;;/h10-13,16-23H,5-9,14-15,24-29H2,1-4H3;2*1H/q+2;;/p-2. The minimum absolute atomic E-state index is 0. The summed E-state index contributed by atoms with van der Waals surface area (Å²) in [7, 11) is 8.94. The Balaban J connectivity index is 0.00000292. The van der Waals surface area contributed by atoms with Gasteiger partial charge in [-0.15, -0.1) is 0 Å². The summed E-state index contributed by atoms with van der Waals surface area (Å²) in [6.07, 6.45) is 7.43. The Morgan fingerprint density at radius 2 is 0.686 bits per heavy atom. The third-order valence-electron chi connectivity index (χ3n) is 10.5. The Morgan fingerprint density at radius 3 is 1.00 bits per heavy atom. The molecule has 6 rings (SSSR count). The van der Waals surface area contributed by atoms with E-state index in [2.05, 4.69) is 28.2 Å². The van der Waals surface area contributed by atoms with Crippen molar-refractivity contribution in [2.24, 2.45) is 0 Å². The van der Waals surface area contributed by atoms with Crippen molar-refractivity contribution >= 4 is 45.2 Å². The molecule has 10 heteroatoms. The van der Waals surface area contributed by atoms with E-state index in [1.54, 1.807) is 0 Å². The number of imide groups is 2. The molecule has 2 aliphatic rings. The van der Waals surface area contributed by atoms with Crippen LogP contribution in [0.15, 0.2) is 72.8 Å². The van der Waals surface area contributed by atoms with Gasteiger partial charge < -0.3 is 42.9 Å². The molecule has 0 radical (unpaired) electrons. The molecule has 0 atom stereocenters. The van der Waals surface area contributed by atoms with Crippen molar-refractivity contribution in [2.45, 2.75) is 44.9 Å². The molecule has 51 heavy (non-hydrogen) atoms. The van der Waals surface area contributed by atoms with Crippen molar-refractivity contribution in [1.82, 2.24) is 9.80 Å². The lowest BCUT2D eigenvalue weighted by Crippen LogP contribution is -3.00. The summed E-state index contributed by atoms with van der Waals surface area (Å²) in [5, 5.41) is 3.43. The predicted octanol–water partition coefficient (Wildman–Crippen LogP) is 0.777. The van der Waals surface area contributed by atoms with Gasteiger partial charge in [0.05, 0.1) is 54.4 Å². The van der Waals surface area contributed by atoms with Crippen LogP contribution in [-0.4, -0.2) is 110 Å². The van der Waals surface area contributed by atoms with Gasteiger partial charge in [0.15, 0.2) is 0 Å². The van der Waals surface area contributed by atoms with E-state index in [9.17, 15) is 19.2 Å². The summed E-state index contributed by atoms with van der Waals surface area (Å²) in [6, 6.07) is 22.7. The van der Waals surface area contributed by atoms with E-state index in [0.717, 1.165) is 82.4 Å². The van der Waals surface area contributed by atoms with E-state index < -0.39 is 0 Å². The van der Waals surface area contributed by atoms with E-state index in [1.807, 2.05) is 72.8 Å². The number of nitrogens with zero attached hydrogens (tertiary/aromatic N) is 4. The van der Waals surface area contributed by atoms with E-state index in [1.165, 1.54) is 29.1 Å². The van der Waals surface area contributed by atoms with Crippen LogP contribution >= 0.6 is 0 Å². The van der Waals surface area contributed by atoms with Crippen LogP contribution in [0, 0.1) is 0 Å². The Bertz CT molecular complexity index is 1690. The van der Waals surface area contributed by atoms with Crippen LogP contribution in [-0.2, 0) is 0 Å². The van der Waals surface area contributed by atoms with Crippen LogP contribution in [0.3, 0.4) is 0 Å². The predicted molar refractivity (Wildman–Crippen MR) is 195 cm³/mol. The van der Waals surface area contributed by atoms with Crippen molar-refractivity contribution in [1.29, 1.82) is 0 Å². The average molecular weight is 823 g/mol. The molecular formula is C41H50Br2N4O4. The molecule has 0 aromatic heterocycles. The van der Waals surface area contributed by atoms with E-state index in [0.29, 0.717) is 35.3 Å². The van der Waals surface area contributed by atoms with Crippen molar-refractivity contribution in [3.05, 3.63) is 95.1 Å². The second kappa shape index (κ2) is 16.9. The number of carbonyl (C=O) groups excluding carboxylic acids is 4. The Kier molecular flexibility index (Phi) is 13.4. The van der Waals surface area contributed by atoms with Gasteiger partial charge >= 0.3 is 0 Å². The van der Waals surface area contributed by atoms with Crippen molar-refractivity contribution in [3.8, 4) is 0 Å². The molecule has 0 saturated heterocycles. The fraction of sp³-hybridized carbons (Fsp3) is 0.415. The minimum Gasteiger partial charge on any atom is -1.00 e. The highest BCUT2D eigenvalue weighted by Crippen LogP contribution is 2.31. The van der Waals surface area contributed by atoms with Gasteiger partial charge in [0.2, 0.25) is 0 Å². The van der Waals surface area contributed by atoms with Gasteiger partial charge in [0, 0.05) is 59.0 Å². The molecule has 2 aliphatic heterocycles. The molecule has 4 aromatic rings. The Labute approximate surface area is 323 Å². The zero-order valence-corrected chi connectivity index (χ0v) is 33.5. The molecule has 0 aliphatic carbocycles. The van der Waals surface area contributed by atoms with Crippen LogP contribution in [0.4, 0.5) is 0 Å². The molecule has 0 unspecified atom stereocenters. The van der Waals surface area contributed by atoms with Gasteiger partial charge in [-0.2, -0.15) is 0 Å². The third-order valence-corrected chi connectivity index (χ3v) is 10.5. The molecule has 2 heterocycles. The highest BCUT2D eigenvalue weighted by Gasteiger charge is 2.34. The van der Waals surface area contributed by atoms with E-state index in [-0.39, 0.29) is 57.6 Å². The summed E-state index contributed by atoms with van der Waals surface area (Å²) in [6.45, 7) is 4.83. The summed E-state index contributed by atoms with van der Waals surface area (Å²) >= 11 is 0. The maximum atomic E-state index is 13.2. The molecule has 0 bridgehead atoms. The molecule has 4 amide bonds. The minimum atomic E-state index is -0.183. The Morgan fingerprint density at radius 1 is 0.412 bits per heavy atom. The highest BCUT2D eigenvalue weighted by atomic mass is 79.9. The average Bonchev–Trinajstić information content (AvgIpc) is 3.08. The third kappa shape index (κ3) is 8.79. The number of carbonyl (C=O) groups is 4. The van der Waals surface area contributed by atoms with Gasteiger partial charge in [-0.05, 0) is 60.7 Å². The van der Waals surface area contributed by atoms with Crippen LogP contribution in [0.1, 0.15) is 86.4 Å². The van der Waals surface area contributed by atoms with Crippen molar-refractivity contribution < 1.29 is 62.1 Å². The number of unbranched alkanes of at least 4 members (excludes halogenated alkanes) is 4. The van der Waals surface area contributed by atoms with E-state index in [4.69, 9.17) is 0 Å². The SMILES string of the molecule is C[N+](C)(CCCCCCC[N+](C)(C)CCCN1C(=O)c2cccc3cccc(c23)C1=O)CCCN1C(=O)c2cccc3cccc(c23)C1=O.[Br-].[Br-]. The van der Waals surface area contributed by atoms with Crippen molar-refractivity contribution in [3.63, 3.8) is 0 Å². The molecule has 0 saturated carbocycles. The first-order valence-corrected chi connectivity index (χ1v) is 17.9. The summed E-state index contributed by atoms with van der Waals surface area (Å²) in [5.74, 6) is -0.730. The topological polar surface area (TPSA) is 74.8 Å². The molecule has 8 nitrogen and oxygen atoms in total. The quantitative estimate of drug-likeness (QED) is 0.0953. The number of rotatable bonds is 16. The Hall–Kier alpha value is -3.44. The fourth-order valence-corrected chi connectivity index (χ4v) is 7.71. The lowest BCUT2D eigenvalue weighted by molar-refractivity contribution is -0.890. The summed E-state index contributed by atoms with van der Waals surface area (Å²) in [5.41, 5.74) is 2.50. The van der Waals surface area contributed by atoms with Gasteiger partial charge in [-0.25, -0.2) is 0 Å². The van der Waals surface area contributed by atoms with Crippen LogP contribution in [0.2, 0.25) is 0 Å². The van der Waals surface area contributed by atoms with Crippen LogP contribution in [0.5, 0.6) is 0 Å². The van der Waals surface area contributed by atoms with Crippen LogP contribution in [0.25, 0.3) is 21.5 Å². The normalized spacial score (nSPS) is 14.3. The molecule has 272 valence electrons. The second-order valence-corrected chi connectivity index (χ2v) is 15.2. The zero-order chi connectivity index (χ0) is 34.8. The monoisotopic (exact) mass is 820 g/mol. The lowest BCUT2D eigenvalue weighted by Gasteiger charge is -2.32. The number of benzene rings is 4. The van der Waals surface area contributed by atoms with Gasteiger partial charge in [-0.1, -0.05) is 55.0 Å². The van der Waals surface area contributed by atoms with Gasteiger partial charge in [-0.3, -0.25) is 29.0 Å². The first-order valence-electron chi connectivity index (χ1n) is 17.9. The molecular weight excluding hydrogens is 772 g/mol. The lowest BCUT2D eigenvalue weighted by atomic mass is 9.94. The largest absolute Gasteiger partial charge is 1.00 e.